The van der Waals surface area contributed by atoms with E-state index in [1.807, 2.05) is 11.9 Å². The van der Waals surface area contributed by atoms with Crippen LogP contribution in [-0.2, 0) is 4.79 Å². The number of piperidine rings is 1. The van der Waals surface area contributed by atoms with E-state index in [4.69, 9.17) is 11.6 Å². The van der Waals surface area contributed by atoms with Crippen molar-refractivity contribution in [2.75, 3.05) is 7.05 Å². The van der Waals surface area contributed by atoms with Crippen LogP contribution in [0.5, 0.6) is 0 Å². The fraction of sp³-hybridized carbons (Fsp3) is 0.556. The first-order chi connectivity index (χ1) is 11.0. The molecule has 2 aliphatic heterocycles. The molecule has 1 aromatic rings. The van der Waals surface area contributed by atoms with Gasteiger partial charge in [-0.25, -0.2) is 0 Å². The van der Waals surface area contributed by atoms with Gasteiger partial charge in [0.15, 0.2) is 5.78 Å². The van der Waals surface area contributed by atoms with Crippen molar-refractivity contribution in [3.63, 3.8) is 0 Å². The second-order valence-corrected chi connectivity index (χ2v) is 7.13. The minimum Gasteiger partial charge on any atom is -0.343 e. The highest BCUT2D eigenvalue weighted by Gasteiger charge is 2.36. The molecule has 1 amide bonds. The summed E-state index contributed by atoms with van der Waals surface area (Å²) in [5, 5.41) is 4.20. The van der Waals surface area contributed by atoms with Crippen LogP contribution in [0.4, 0.5) is 0 Å². The van der Waals surface area contributed by atoms with Gasteiger partial charge in [-0.05, 0) is 49.9 Å². The number of hydrogen-bond donors (Lipinski definition) is 1. The molecule has 0 radical (unpaired) electrons. The van der Waals surface area contributed by atoms with Crippen LogP contribution >= 0.6 is 24.0 Å². The number of Topliss-reactive ketones (excluding diaryl/α,β-unsaturated/α-hetero) is 1. The van der Waals surface area contributed by atoms with Gasteiger partial charge in [-0.15, -0.1) is 12.4 Å². The van der Waals surface area contributed by atoms with E-state index >= 15 is 0 Å². The molecule has 1 aromatic carbocycles. The van der Waals surface area contributed by atoms with E-state index in [-0.39, 0.29) is 36.9 Å². The largest absolute Gasteiger partial charge is 0.343 e. The Morgan fingerprint density at radius 1 is 1.12 bits per heavy atom. The van der Waals surface area contributed by atoms with Gasteiger partial charge in [-0.3, -0.25) is 9.59 Å². The molecule has 132 valence electrons. The second kappa shape index (κ2) is 8.32. The molecule has 2 unspecified atom stereocenters. The molecule has 0 aromatic heterocycles. The number of benzene rings is 1. The monoisotopic (exact) mass is 370 g/mol. The molecule has 6 heteroatoms. The Hall–Kier alpha value is -1.10. The van der Waals surface area contributed by atoms with Crippen LogP contribution in [0.15, 0.2) is 24.3 Å². The van der Waals surface area contributed by atoms with E-state index in [0.717, 1.165) is 12.8 Å². The van der Waals surface area contributed by atoms with Crippen LogP contribution in [0.1, 0.15) is 48.9 Å². The number of rotatable bonds is 5. The van der Waals surface area contributed by atoms with Gasteiger partial charge in [-0.2, -0.15) is 0 Å². The number of carbonyl (C=O) groups is 2. The standard InChI is InChI=1S/C18H23ClN2O2.ClH/c1-21(16-10-14-6-7-15(11-16)20-14)18(23)9-8-17(22)12-2-4-13(19)5-3-12;/h2-5,14-16,20H,6-11H2,1H3;1H. The van der Waals surface area contributed by atoms with Gasteiger partial charge >= 0.3 is 0 Å². The molecule has 0 aliphatic carbocycles. The lowest BCUT2D eigenvalue weighted by atomic mass is 9.98. The summed E-state index contributed by atoms with van der Waals surface area (Å²) in [6.07, 6.45) is 5.03. The van der Waals surface area contributed by atoms with E-state index in [2.05, 4.69) is 5.32 Å². The zero-order chi connectivity index (χ0) is 16.4. The number of fused-ring (bicyclic) bond motifs is 2. The maximum atomic E-state index is 12.4. The lowest BCUT2D eigenvalue weighted by molar-refractivity contribution is -0.132. The van der Waals surface area contributed by atoms with E-state index in [9.17, 15) is 9.59 Å². The number of halogens is 2. The van der Waals surface area contributed by atoms with Gasteiger partial charge in [-0.1, -0.05) is 11.6 Å². The van der Waals surface area contributed by atoms with Gasteiger partial charge in [0, 0.05) is 48.6 Å². The molecule has 2 fully saturated rings. The van der Waals surface area contributed by atoms with E-state index < -0.39 is 0 Å². The summed E-state index contributed by atoms with van der Waals surface area (Å²) in [5.74, 6) is 0.0624. The predicted octanol–water partition coefficient (Wildman–Crippen LogP) is 3.47. The summed E-state index contributed by atoms with van der Waals surface area (Å²) < 4.78 is 0. The summed E-state index contributed by atoms with van der Waals surface area (Å²) in [6.45, 7) is 0. The molecular formula is C18H24Cl2N2O2. The Labute approximate surface area is 154 Å². The molecule has 24 heavy (non-hydrogen) atoms. The number of carbonyl (C=O) groups excluding carboxylic acids is 2. The number of nitrogens with zero attached hydrogens (tertiary/aromatic N) is 1. The quantitative estimate of drug-likeness (QED) is 0.807. The Kier molecular flexibility index (Phi) is 6.67. The second-order valence-electron chi connectivity index (χ2n) is 6.70. The van der Waals surface area contributed by atoms with Crippen LogP contribution in [0.25, 0.3) is 0 Å². The third kappa shape index (κ3) is 4.50. The smallest absolute Gasteiger partial charge is 0.223 e. The van der Waals surface area contributed by atoms with Crippen LogP contribution in [0.3, 0.4) is 0 Å². The molecule has 4 nitrogen and oxygen atoms in total. The van der Waals surface area contributed by atoms with Gasteiger partial charge in [0.25, 0.3) is 0 Å². The Bertz CT molecular complexity index is 579. The fourth-order valence-corrected chi connectivity index (χ4v) is 3.85. The molecule has 2 atom stereocenters. The Morgan fingerprint density at radius 2 is 1.71 bits per heavy atom. The molecule has 0 saturated carbocycles. The zero-order valence-electron chi connectivity index (χ0n) is 13.8. The third-order valence-electron chi connectivity index (χ3n) is 5.12. The van der Waals surface area contributed by atoms with Gasteiger partial charge < -0.3 is 10.2 Å². The zero-order valence-corrected chi connectivity index (χ0v) is 15.4. The molecule has 1 N–H and O–H groups in total. The fourth-order valence-electron chi connectivity index (χ4n) is 3.72. The lowest BCUT2D eigenvalue weighted by Crippen LogP contribution is -2.48. The molecule has 2 aliphatic rings. The van der Waals surface area contributed by atoms with Crippen molar-refractivity contribution >= 4 is 35.7 Å². The number of nitrogens with one attached hydrogen (secondary N) is 1. The topological polar surface area (TPSA) is 49.4 Å². The van der Waals surface area contributed by atoms with Gasteiger partial charge in [0.2, 0.25) is 5.91 Å². The first kappa shape index (κ1) is 19.2. The maximum Gasteiger partial charge on any atom is 0.223 e. The Morgan fingerprint density at radius 3 is 2.29 bits per heavy atom. The highest BCUT2D eigenvalue weighted by atomic mass is 35.5. The summed E-state index contributed by atoms with van der Waals surface area (Å²) in [4.78, 5) is 26.4. The number of amides is 1. The molecular weight excluding hydrogens is 347 g/mol. The van der Waals surface area contributed by atoms with E-state index in [0.29, 0.717) is 28.7 Å². The van der Waals surface area contributed by atoms with Crippen molar-refractivity contribution in [1.29, 1.82) is 0 Å². The Balaban J connectivity index is 0.00000208. The summed E-state index contributed by atoms with van der Waals surface area (Å²) in [6, 6.07) is 8.26. The summed E-state index contributed by atoms with van der Waals surface area (Å²) >= 11 is 5.82. The first-order valence-corrected chi connectivity index (χ1v) is 8.71. The SMILES string of the molecule is CN(C(=O)CCC(=O)c1ccc(Cl)cc1)C1CC2CCC(C1)N2.Cl. The lowest BCUT2D eigenvalue weighted by Gasteiger charge is -2.35. The van der Waals surface area contributed by atoms with Gasteiger partial charge in [0.05, 0.1) is 0 Å². The highest BCUT2D eigenvalue weighted by Crippen LogP contribution is 2.29. The van der Waals surface area contributed by atoms with Crippen molar-refractivity contribution in [1.82, 2.24) is 10.2 Å². The van der Waals surface area contributed by atoms with Crippen LogP contribution in [0, 0.1) is 0 Å². The number of hydrogen-bond acceptors (Lipinski definition) is 3. The molecule has 2 heterocycles. The average Bonchev–Trinajstić information content (AvgIpc) is 2.90. The predicted molar refractivity (Wildman–Crippen MR) is 98.0 cm³/mol. The van der Waals surface area contributed by atoms with Crippen LogP contribution in [0.2, 0.25) is 5.02 Å². The maximum absolute atomic E-state index is 12.4. The van der Waals surface area contributed by atoms with Crippen molar-refractivity contribution in [3.8, 4) is 0 Å². The highest BCUT2D eigenvalue weighted by molar-refractivity contribution is 6.30. The third-order valence-corrected chi connectivity index (χ3v) is 5.37. The van der Waals surface area contributed by atoms with Crippen LogP contribution < -0.4 is 5.32 Å². The number of ketones is 1. The average molecular weight is 371 g/mol. The molecule has 2 saturated heterocycles. The van der Waals surface area contributed by atoms with Crippen LogP contribution in [-0.4, -0.2) is 41.8 Å². The van der Waals surface area contributed by atoms with E-state index in [1.54, 1.807) is 24.3 Å². The minimum absolute atomic E-state index is 0. The van der Waals surface area contributed by atoms with Gasteiger partial charge in [0.1, 0.15) is 0 Å². The first-order valence-electron chi connectivity index (χ1n) is 8.33. The molecule has 3 rings (SSSR count). The minimum atomic E-state index is -0.00574. The summed E-state index contributed by atoms with van der Waals surface area (Å²) in [5.41, 5.74) is 0.616. The van der Waals surface area contributed by atoms with Crippen molar-refractivity contribution in [2.24, 2.45) is 0 Å². The van der Waals surface area contributed by atoms with E-state index in [1.165, 1.54) is 12.8 Å². The summed E-state index contributed by atoms with van der Waals surface area (Å²) in [7, 11) is 1.88. The van der Waals surface area contributed by atoms with Crippen molar-refractivity contribution < 1.29 is 9.59 Å². The normalized spacial score (nSPS) is 25.0. The van der Waals surface area contributed by atoms with Crippen molar-refractivity contribution in [2.45, 2.75) is 56.7 Å². The molecule has 2 bridgehead atoms. The van der Waals surface area contributed by atoms with Crippen molar-refractivity contribution in [3.05, 3.63) is 34.9 Å². The molecule has 0 spiro atoms.